The van der Waals surface area contributed by atoms with Crippen LogP contribution in [0.5, 0.6) is 0 Å². The number of carbonyl (C=O) groups is 1. The highest BCUT2D eigenvalue weighted by Crippen LogP contribution is 2.41. The molecule has 2 aromatic heterocycles. The van der Waals surface area contributed by atoms with Crippen LogP contribution in [-0.2, 0) is 6.54 Å². The summed E-state index contributed by atoms with van der Waals surface area (Å²) < 4.78 is 5.67. The molecule has 2 aliphatic rings. The summed E-state index contributed by atoms with van der Waals surface area (Å²) in [5.74, 6) is 3.07. The SMILES string of the molecule is Cc1ccc(CN2CCC(CNC(=O)c3c(C4CC4)n[nH]c3C)CC2)o1. The van der Waals surface area contributed by atoms with E-state index in [0.29, 0.717) is 11.8 Å². The number of furan rings is 1. The quantitative estimate of drug-likeness (QED) is 0.834. The van der Waals surface area contributed by atoms with E-state index < -0.39 is 0 Å². The van der Waals surface area contributed by atoms with Crippen LogP contribution in [0.25, 0.3) is 0 Å². The molecule has 1 saturated carbocycles. The predicted molar refractivity (Wildman–Crippen MR) is 99.1 cm³/mol. The third-order valence-corrected chi connectivity index (χ3v) is 5.60. The van der Waals surface area contributed by atoms with E-state index in [2.05, 4.69) is 26.5 Å². The van der Waals surface area contributed by atoms with Gasteiger partial charge in [0.05, 0.1) is 17.8 Å². The highest BCUT2D eigenvalue weighted by atomic mass is 16.3. The van der Waals surface area contributed by atoms with Crippen LogP contribution in [0.4, 0.5) is 0 Å². The third-order valence-electron chi connectivity index (χ3n) is 5.60. The molecule has 6 heteroatoms. The molecule has 1 saturated heterocycles. The second-order valence-corrected chi connectivity index (χ2v) is 7.83. The van der Waals surface area contributed by atoms with Gasteiger partial charge in [0.15, 0.2) is 0 Å². The Morgan fingerprint density at radius 1 is 1.27 bits per heavy atom. The fourth-order valence-corrected chi connectivity index (χ4v) is 3.85. The van der Waals surface area contributed by atoms with Crippen molar-refractivity contribution in [1.29, 1.82) is 0 Å². The molecule has 1 aliphatic heterocycles. The van der Waals surface area contributed by atoms with Crippen molar-refractivity contribution in [2.24, 2.45) is 5.92 Å². The van der Waals surface area contributed by atoms with Gasteiger partial charge >= 0.3 is 0 Å². The summed E-state index contributed by atoms with van der Waals surface area (Å²) in [5.41, 5.74) is 2.62. The van der Waals surface area contributed by atoms with Gasteiger partial charge < -0.3 is 9.73 Å². The summed E-state index contributed by atoms with van der Waals surface area (Å²) >= 11 is 0. The summed E-state index contributed by atoms with van der Waals surface area (Å²) in [6, 6.07) is 4.08. The number of amides is 1. The van der Waals surface area contributed by atoms with Crippen LogP contribution in [0, 0.1) is 19.8 Å². The van der Waals surface area contributed by atoms with E-state index in [-0.39, 0.29) is 5.91 Å². The molecule has 0 unspecified atom stereocenters. The Morgan fingerprint density at radius 2 is 2.04 bits per heavy atom. The molecule has 140 valence electrons. The first kappa shape index (κ1) is 17.3. The Bertz CT molecular complexity index is 767. The molecule has 2 N–H and O–H groups in total. The number of nitrogens with one attached hydrogen (secondary N) is 2. The van der Waals surface area contributed by atoms with Crippen LogP contribution in [0.1, 0.15) is 64.9 Å². The highest BCUT2D eigenvalue weighted by Gasteiger charge is 2.32. The van der Waals surface area contributed by atoms with Gasteiger partial charge in [0.25, 0.3) is 5.91 Å². The molecular weight excluding hydrogens is 328 g/mol. The Hall–Kier alpha value is -2.08. The van der Waals surface area contributed by atoms with Gasteiger partial charge in [0, 0.05) is 18.2 Å². The Labute approximate surface area is 154 Å². The normalized spacial score (nSPS) is 19.0. The summed E-state index contributed by atoms with van der Waals surface area (Å²) in [6.45, 7) is 7.65. The van der Waals surface area contributed by atoms with Gasteiger partial charge in [0.1, 0.15) is 11.5 Å². The van der Waals surface area contributed by atoms with E-state index in [1.165, 1.54) is 0 Å². The molecule has 26 heavy (non-hydrogen) atoms. The van der Waals surface area contributed by atoms with Crippen molar-refractivity contribution < 1.29 is 9.21 Å². The maximum Gasteiger partial charge on any atom is 0.255 e. The number of aromatic amines is 1. The average Bonchev–Trinajstić information content (AvgIpc) is 3.29. The predicted octanol–water partition coefficient (Wildman–Crippen LogP) is 3.14. The minimum absolute atomic E-state index is 0.0339. The third kappa shape index (κ3) is 3.85. The summed E-state index contributed by atoms with van der Waals surface area (Å²) in [5, 5.41) is 10.5. The zero-order chi connectivity index (χ0) is 18.1. The molecule has 4 rings (SSSR count). The summed E-state index contributed by atoms with van der Waals surface area (Å²) in [4.78, 5) is 15.1. The number of likely N-dealkylation sites (tertiary alicyclic amines) is 1. The molecule has 0 aromatic carbocycles. The van der Waals surface area contributed by atoms with Gasteiger partial charge in [0.2, 0.25) is 0 Å². The van der Waals surface area contributed by atoms with Gasteiger partial charge in [-0.25, -0.2) is 0 Å². The van der Waals surface area contributed by atoms with Crippen LogP contribution in [0.2, 0.25) is 0 Å². The lowest BCUT2D eigenvalue weighted by molar-refractivity contribution is 0.0932. The van der Waals surface area contributed by atoms with Crippen molar-refractivity contribution in [3.63, 3.8) is 0 Å². The second-order valence-electron chi connectivity index (χ2n) is 7.83. The molecule has 1 aliphatic carbocycles. The number of piperidine rings is 1. The number of nitrogens with zero attached hydrogens (tertiary/aromatic N) is 2. The van der Waals surface area contributed by atoms with Crippen molar-refractivity contribution in [3.05, 3.63) is 40.6 Å². The molecule has 6 nitrogen and oxygen atoms in total. The molecule has 0 atom stereocenters. The standard InChI is InChI=1S/C20H28N4O2/c1-13-3-6-17(26-13)12-24-9-7-15(8-10-24)11-21-20(25)18-14(2)22-23-19(18)16-4-5-16/h3,6,15-16H,4-5,7-12H2,1-2H3,(H,21,25)(H,22,23). The van der Waals surface area contributed by atoms with Crippen molar-refractivity contribution in [2.45, 2.75) is 52.0 Å². The van der Waals surface area contributed by atoms with Crippen molar-refractivity contribution in [1.82, 2.24) is 20.4 Å². The van der Waals surface area contributed by atoms with E-state index in [4.69, 9.17) is 4.42 Å². The molecule has 2 fully saturated rings. The topological polar surface area (TPSA) is 74.2 Å². The maximum atomic E-state index is 12.6. The number of hydrogen-bond donors (Lipinski definition) is 2. The van der Waals surface area contributed by atoms with E-state index in [1.54, 1.807) is 0 Å². The molecular formula is C20H28N4O2. The summed E-state index contributed by atoms with van der Waals surface area (Å²) in [7, 11) is 0. The van der Waals surface area contributed by atoms with Crippen LogP contribution < -0.4 is 5.32 Å². The molecule has 0 spiro atoms. The molecule has 0 radical (unpaired) electrons. The Balaban J connectivity index is 1.25. The monoisotopic (exact) mass is 356 g/mol. The van der Waals surface area contributed by atoms with E-state index in [1.807, 2.05) is 19.9 Å². The summed E-state index contributed by atoms with van der Waals surface area (Å²) in [6.07, 6.45) is 4.52. The Kier molecular flexibility index (Phi) is 4.85. The van der Waals surface area contributed by atoms with Gasteiger partial charge in [-0.2, -0.15) is 5.10 Å². The number of H-pyrrole nitrogens is 1. The lowest BCUT2D eigenvalue weighted by atomic mass is 9.96. The fraction of sp³-hybridized carbons (Fsp3) is 0.600. The van der Waals surface area contributed by atoms with Gasteiger partial charge in [-0.1, -0.05) is 0 Å². The zero-order valence-corrected chi connectivity index (χ0v) is 15.7. The highest BCUT2D eigenvalue weighted by molar-refractivity contribution is 5.96. The van der Waals surface area contributed by atoms with Gasteiger partial charge in [-0.15, -0.1) is 0 Å². The number of aryl methyl sites for hydroxylation is 2. The van der Waals surface area contributed by atoms with Gasteiger partial charge in [-0.3, -0.25) is 14.8 Å². The number of hydrogen-bond acceptors (Lipinski definition) is 4. The lowest BCUT2D eigenvalue weighted by Gasteiger charge is -2.31. The Morgan fingerprint density at radius 3 is 2.69 bits per heavy atom. The van der Waals surface area contributed by atoms with Crippen LogP contribution >= 0.6 is 0 Å². The largest absolute Gasteiger partial charge is 0.465 e. The fourth-order valence-electron chi connectivity index (χ4n) is 3.85. The number of aromatic nitrogens is 2. The molecule has 3 heterocycles. The van der Waals surface area contributed by atoms with Crippen molar-refractivity contribution >= 4 is 5.91 Å². The van der Waals surface area contributed by atoms with Crippen molar-refractivity contribution in [2.75, 3.05) is 19.6 Å². The van der Waals surface area contributed by atoms with Crippen molar-refractivity contribution in [3.8, 4) is 0 Å². The maximum absolute atomic E-state index is 12.6. The smallest absolute Gasteiger partial charge is 0.255 e. The molecule has 0 bridgehead atoms. The first-order valence-corrected chi connectivity index (χ1v) is 9.71. The van der Waals surface area contributed by atoms with Crippen LogP contribution in [0.15, 0.2) is 16.5 Å². The molecule has 1 amide bonds. The van der Waals surface area contributed by atoms with Gasteiger partial charge in [-0.05, 0) is 70.7 Å². The lowest BCUT2D eigenvalue weighted by Crippen LogP contribution is -2.38. The first-order valence-electron chi connectivity index (χ1n) is 9.71. The second kappa shape index (κ2) is 7.27. The first-order chi connectivity index (χ1) is 12.6. The number of carbonyl (C=O) groups excluding carboxylic acids is 1. The van der Waals surface area contributed by atoms with Crippen LogP contribution in [-0.4, -0.2) is 40.6 Å². The average molecular weight is 356 g/mol. The van der Waals surface area contributed by atoms with E-state index in [9.17, 15) is 4.79 Å². The molecule has 2 aromatic rings. The zero-order valence-electron chi connectivity index (χ0n) is 15.7. The van der Waals surface area contributed by atoms with E-state index >= 15 is 0 Å². The minimum Gasteiger partial charge on any atom is -0.465 e. The van der Waals surface area contributed by atoms with Crippen LogP contribution in [0.3, 0.4) is 0 Å². The minimum atomic E-state index is 0.0339. The van der Waals surface area contributed by atoms with E-state index in [0.717, 1.165) is 80.3 Å². The number of rotatable bonds is 6.